The molecule has 0 atom stereocenters. The van der Waals surface area contributed by atoms with Gasteiger partial charge in [-0.15, -0.1) is 0 Å². The lowest BCUT2D eigenvalue weighted by molar-refractivity contribution is 0.411. The summed E-state index contributed by atoms with van der Waals surface area (Å²) in [4.78, 5) is 4.03. The van der Waals surface area contributed by atoms with Crippen LogP contribution in [0.25, 0.3) is 0 Å². The van der Waals surface area contributed by atoms with Gasteiger partial charge >= 0.3 is 0 Å². The Morgan fingerprint density at radius 1 is 1.33 bits per heavy atom. The summed E-state index contributed by atoms with van der Waals surface area (Å²) in [6.07, 6.45) is 1.46. The van der Waals surface area contributed by atoms with Crippen molar-refractivity contribution in [3.63, 3.8) is 0 Å². The summed E-state index contributed by atoms with van der Waals surface area (Å²) in [5.74, 6) is 0.404. The summed E-state index contributed by atoms with van der Waals surface area (Å²) in [6, 6.07) is 5.80. The Bertz CT molecular complexity index is 577. The monoisotopic (exact) mass is 267 g/mol. The molecule has 0 fully saturated rings. The van der Waals surface area contributed by atoms with Gasteiger partial charge in [-0.05, 0) is 12.1 Å². The predicted octanol–water partition coefficient (Wildman–Crippen LogP) is 3.21. The van der Waals surface area contributed by atoms with E-state index in [2.05, 4.69) is 10.3 Å². The van der Waals surface area contributed by atoms with Crippen LogP contribution in [0.2, 0.25) is 5.02 Å². The second-order valence-corrected chi connectivity index (χ2v) is 4.03. The van der Waals surface area contributed by atoms with E-state index in [-0.39, 0.29) is 0 Å². The van der Waals surface area contributed by atoms with Gasteiger partial charge in [0.2, 0.25) is 0 Å². The molecule has 0 aliphatic heterocycles. The highest BCUT2D eigenvalue weighted by molar-refractivity contribution is 6.30. The topological polar surface area (TPSA) is 60.2 Å². The maximum Gasteiger partial charge on any atom is 0.153 e. The van der Waals surface area contributed by atoms with E-state index in [4.69, 9.17) is 22.1 Å². The van der Waals surface area contributed by atoms with E-state index >= 15 is 0 Å². The van der Waals surface area contributed by atoms with Crippen LogP contribution >= 0.6 is 11.6 Å². The van der Waals surface area contributed by atoms with Gasteiger partial charge in [-0.2, -0.15) is 0 Å². The Hall–Kier alpha value is -2.01. The summed E-state index contributed by atoms with van der Waals surface area (Å²) in [6.45, 7) is 0. The zero-order chi connectivity index (χ0) is 13.1. The molecule has 3 N–H and O–H groups in total. The molecule has 0 saturated carbocycles. The quantitative estimate of drug-likeness (QED) is 0.896. The van der Waals surface area contributed by atoms with Crippen LogP contribution in [0.5, 0.6) is 5.75 Å². The van der Waals surface area contributed by atoms with Crippen molar-refractivity contribution in [2.75, 3.05) is 18.2 Å². The van der Waals surface area contributed by atoms with Crippen molar-refractivity contribution in [3.8, 4) is 5.75 Å². The summed E-state index contributed by atoms with van der Waals surface area (Å²) in [7, 11) is 1.47. The van der Waals surface area contributed by atoms with Crippen LogP contribution < -0.4 is 15.8 Å². The fourth-order valence-electron chi connectivity index (χ4n) is 1.45. The molecule has 0 bridgehead atoms. The van der Waals surface area contributed by atoms with Gasteiger partial charge in [0.1, 0.15) is 11.6 Å². The molecular weight excluding hydrogens is 257 g/mol. The highest BCUT2D eigenvalue weighted by atomic mass is 35.5. The Labute approximate surface area is 109 Å². The van der Waals surface area contributed by atoms with Crippen LogP contribution in [0, 0.1) is 5.82 Å². The number of nitrogens with two attached hydrogens (primary N) is 1. The number of nitrogen functional groups attached to an aromatic ring is 1. The maximum atomic E-state index is 13.3. The molecule has 1 heterocycles. The smallest absolute Gasteiger partial charge is 0.153 e. The van der Waals surface area contributed by atoms with E-state index in [0.29, 0.717) is 28.0 Å². The molecule has 1 aromatic carbocycles. The molecule has 18 heavy (non-hydrogen) atoms. The van der Waals surface area contributed by atoms with Crippen LogP contribution in [0.15, 0.2) is 30.5 Å². The lowest BCUT2D eigenvalue weighted by Gasteiger charge is -2.10. The van der Waals surface area contributed by atoms with Crippen molar-refractivity contribution >= 4 is 28.8 Å². The van der Waals surface area contributed by atoms with E-state index in [1.165, 1.54) is 25.4 Å². The standard InChI is InChI=1S/C12H11ClFN3O/c1-18-10-4-8(14)3-9(5-10)17-12-11(15)2-7(13)6-16-12/h2-6H,15H2,1H3,(H,16,17). The summed E-state index contributed by atoms with van der Waals surface area (Å²) < 4.78 is 18.3. The molecule has 0 saturated heterocycles. The number of hydrogen-bond acceptors (Lipinski definition) is 4. The lowest BCUT2D eigenvalue weighted by atomic mass is 10.3. The van der Waals surface area contributed by atoms with Crippen LogP contribution in [-0.2, 0) is 0 Å². The first-order valence-corrected chi connectivity index (χ1v) is 5.49. The average Bonchev–Trinajstić information content (AvgIpc) is 2.32. The van der Waals surface area contributed by atoms with Crippen molar-refractivity contribution in [1.82, 2.24) is 4.98 Å². The van der Waals surface area contributed by atoms with Gasteiger partial charge in [-0.1, -0.05) is 11.6 Å². The Balaban J connectivity index is 2.30. The van der Waals surface area contributed by atoms with Crippen molar-refractivity contribution < 1.29 is 9.13 Å². The first-order valence-electron chi connectivity index (χ1n) is 5.11. The van der Waals surface area contributed by atoms with Crippen molar-refractivity contribution in [2.45, 2.75) is 0 Å². The minimum absolute atomic E-state index is 0.380. The van der Waals surface area contributed by atoms with Crippen molar-refractivity contribution in [3.05, 3.63) is 41.3 Å². The van der Waals surface area contributed by atoms with Crippen LogP contribution in [-0.4, -0.2) is 12.1 Å². The van der Waals surface area contributed by atoms with Crippen LogP contribution in [0.3, 0.4) is 0 Å². The molecule has 0 unspecified atom stereocenters. The second-order valence-electron chi connectivity index (χ2n) is 3.60. The van der Waals surface area contributed by atoms with Crippen LogP contribution in [0.1, 0.15) is 0 Å². The zero-order valence-electron chi connectivity index (χ0n) is 9.58. The van der Waals surface area contributed by atoms with E-state index < -0.39 is 5.82 Å². The largest absolute Gasteiger partial charge is 0.497 e. The molecule has 0 spiro atoms. The number of ether oxygens (including phenoxy) is 1. The molecule has 0 aliphatic rings. The number of benzene rings is 1. The van der Waals surface area contributed by atoms with Gasteiger partial charge < -0.3 is 15.8 Å². The third-order valence-electron chi connectivity index (χ3n) is 2.25. The number of rotatable bonds is 3. The van der Waals surface area contributed by atoms with Gasteiger partial charge in [0.25, 0.3) is 0 Å². The highest BCUT2D eigenvalue weighted by Gasteiger charge is 2.05. The van der Waals surface area contributed by atoms with E-state index in [0.717, 1.165) is 0 Å². The third kappa shape index (κ3) is 2.81. The second kappa shape index (κ2) is 5.10. The molecule has 94 valence electrons. The maximum absolute atomic E-state index is 13.3. The van der Waals surface area contributed by atoms with E-state index in [9.17, 15) is 4.39 Å². The van der Waals surface area contributed by atoms with Crippen LogP contribution in [0.4, 0.5) is 21.6 Å². The van der Waals surface area contributed by atoms with E-state index in [1.54, 1.807) is 12.1 Å². The third-order valence-corrected chi connectivity index (χ3v) is 2.46. The molecule has 2 aromatic rings. The number of halogens is 2. The first kappa shape index (κ1) is 12.4. The predicted molar refractivity (Wildman–Crippen MR) is 69.9 cm³/mol. The minimum Gasteiger partial charge on any atom is -0.497 e. The number of hydrogen-bond donors (Lipinski definition) is 2. The molecule has 0 radical (unpaired) electrons. The SMILES string of the molecule is COc1cc(F)cc(Nc2ncc(Cl)cc2N)c1. The van der Waals surface area contributed by atoms with Gasteiger partial charge in [-0.25, -0.2) is 9.37 Å². The van der Waals surface area contributed by atoms with Gasteiger partial charge in [0.05, 0.1) is 17.8 Å². The normalized spacial score (nSPS) is 10.2. The molecule has 0 aliphatic carbocycles. The fraction of sp³-hybridized carbons (Fsp3) is 0.0833. The first-order chi connectivity index (χ1) is 8.58. The summed E-state index contributed by atoms with van der Waals surface area (Å²) >= 11 is 5.74. The zero-order valence-corrected chi connectivity index (χ0v) is 10.3. The number of nitrogens with one attached hydrogen (secondary N) is 1. The molecule has 0 amide bonds. The van der Waals surface area contributed by atoms with Gasteiger partial charge in [0.15, 0.2) is 5.82 Å². The molecule has 4 nitrogen and oxygen atoms in total. The number of methoxy groups -OCH3 is 1. The number of aromatic nitrogens is 1. The Morgan fingerprint density at radius 2 is 2.11 bits per heavy atom. The van der Waals surface area contributed by atoms with Gasteiger partial charge in [-0.3, -0.25) is 0 Å². The van der Waals surface area contributed by atoms with Crippen molar-refractivity contribution in [1.29, 1.82) is 0 Å². The summed E-state index contributed by atoms with van der Waals surface area (Å²) in [5, 5.41) is 3.34. The minimum atomic E-state index is -0.413. The number of pyridine rings is 1. The Morgan fingerprint density at radius 3 is 2.78 bits per heavy atom. The molecule has 1 aromatic heterocycles. The van der Waals surface area contributed by atoms with Crippen molar-refractivity contribution in [2.24, 2.45) is 0 Å². The summed E-state index contributed by atoms with van der Waals surface area (Å²) in [5.41, 5.74) is 6.62. The van der Waals surface area contributed by atoms with E-state index in [1.807, 2.05) is 0 Å². The fourth-order valence-corrected chi connectivity index (χ4v) is 1.62. The highest BCUT2D eigenvalue weighted by Crippen LogP contribution is 2.26. The Kier molecular flexibility index (Phi) is 3.53. The number of anilines is 3. The molecular formula is C12H11ClFN3O. The van der Waals surface area contributed by atoms with Gasteiger partial charge in [0, 0.05) is 24.0 Å². The number of nitrogens with zero attached hydrogens (tertiary/aromatic N) is 1. The lowest BCUT2D eigenvalue weighted by Crippen LogP contribution is -1.99. The average molecular weight is 268 g/mol. The molecule has 2 rings (SSSR count). The molecule has 6 heteroatoms.